The van der Waals surface area contributed by atoms with Crippen LogP contribution in [-0.2, 0) is 0 Å². The summed E-state index contributed by atoms with van der Waals surface area (Å²) in [6.45, 7) is 3.86. The van der Waals surface area contributed by atoms with E-state index in [0.717, 1.165) is 34.2 Å². The van der Waals surface area contributed by atoms with Gasteiger partial charge in [0.25, 0.3) is 0 Å². The monoisotopic (exact) mass is 422 g/mol. The third-order valence-corrected chi connectivity index (χ3v) is 4.74. The van der Waals surface area contributed by atoms with Crippen LogP contribution in [0.25, 0.3) is 28.1 Å². The molecule has 1 amide bonds. The Labute approximate surface area is 176 Å². The van der Waals surface area contributed by atoms with Crippen molar-refractivity contribution in [2.45, 2.75) is 6.36 Å². The molecular formula is C24H17F3N2O2. The number of hydrogen-bond acceptors (Lipinski definition) is 2. The lowest BCUT2D eigenvalue weighted by molar-refractivity contribution is -0.274. The molecule has 7 heteroatoms. The molecule has 156 valence electrons. The number of nitrogens with one attached hydrogen (secondary N) is 1. The van der Waals surface area contributed by atoms with E-state index in [1.165, 1.54) is 16.7 Å². The summed E-state index contributed by atoms with van der Waals surface area (Å²) in [6.07, 6.45) is -1.28. The van der Waals surface area contributed by atoms with Gasteiger partial charge in [-0.1, -0.05) is 55.1 Å². The van der Waals surface area contributed by atoms with Gasteiger partial charge < -0.3 is 10.1 Å². The molecule has 0 aliphatic carbocycles. The van der Waals surface area contributed by atoms with E-state index in [2.05, 4.69) is 16.6 Å². The average Bonchev–Trinajstić information content (AvgIpc) is 3.14. The second kappa shape index (κ2) is 8.02. The number of carbonyl (C=O) groups excluding carboxylic acids is 1. The summed E-state index contributed by atoms with van der Waals surface area (Å²) >= 11 is 0. The normalized spacial score (nSPS) is 11.3. The molecule has 0 spiro atoms. The van der Waals surface area contributed by atoms with Crippen LogP contribution in [0.2, 0.25) is 0 Å². The molecule has 4 nitrogen and oxygen atoms in total. The van der Waals surface area contributed by atoms with Crippen LogP contribution in [0.4, 0.5) is 23.7 Å². The number of ether oxygens (including phenoxy) is 1. The zero-order chi connectivity index (χ0) is 22.0. The number of benzene rings is 3. The molecule has 0 atom stereocenters. The van der Waals surface area contributed by atoms with Gasteiger partial charge in [0.05, 0.1) is 5.52 Å². The summed E-state index contributed by atoms with van der Waals surface area (Å²) in [7, 11) is 0. The first-order valence-corrected chi connectivity index (χ1v) is 9.35. The van der Waals surface area contributed by atoms with E-state index in [1.54, 1.807) is 12.3 Å². The van der Waals surface area contributed by atoms with E-state index in [1.807, 2.05) is 48.5 Å². The molecular weight excluding hydrogens is 405 g/mol. The molecule has 4 aromatic rings. The zero-order valence-corrected chi connectivity index (χ0v) is 16.2. The van der Waals surface area contributed by atoms with Crippen LogP contribution in [0.15, 0.2) is 85.6 Å². The molecule has 0 saturated heterocycles. The molecule has 1 aromatic heterocycles. The number of rotatable bonds is 4. The van der Waals surface area contributed by atoms with Gasteiger partial charge >= 0.3 is 12.4 Å². The lowest BCUT2D eigenvalue weighted by atomic mass is 9.99. The maximum absolute atomic E-state index is 13.0. The Kier molecular flexibility index (Phi) is 5.25. The van der Waals surface area contributed by atoms with E-state index in [9.17, 15) is 18.0 Å². The van der Waals surface area contributed by atoms with Crippen LogP contribution in [0.1, 0.15) is 5.56 Å². The first-order chi connectivity index (χ1) is 14.9. The van der Waals surface area contributed by atoms with Crippen LogP contribution in [-0.4, -0.2) is 17.0 Å². The second-order valence-corrected chi connectivity index (χ2v) is 6.72. The molecule has 0 bridgehead atoms. The first-order valence-electron chi connectivity index (χ1n) is 9.35. The van der Waals surface area contributed by atoms with E-state index in [-0.39, 0.29) is 5.75 Å². The highest BCUT2D eigenvalue weighted by Gasteiger charge is 2.31. The van der Waals surface area contributed by atoms with E-state index < -0.39 is 12.4 Å². The number of hydrogen-bond donors (Lipinski definition) is 1. The van der Waals surface area contributed by atoms with Crippen molar-refractivity contribution in [1.82, 2.24) is 4.57 Å². The fourth-order valence-corrected chi connectivity index (χ4v) is 3.41. The number of nitrogens with zero attached hydrogens (tertiary/aromatic N) is 1. The molecule has 1 heterocycles. The fourth-order valence-electron chi connectivity index (χ4n) is 3.41. The average molecular weight is 422 g/mol. The lowest BCUT2D eigenvalue weighted by Gasteiger charge is -2.10. The third kappa shape index (κ3) is 4.30. The number of alkyl halides is 3. The Morgan fingerprint density at radius 2 is 1.61 bits per heavy atom. The van der Waals surface area contributed by atoms with Crippen molar-refractivity contribution < 1.29 is 22.7 Å². The highest BCUT2D eigenvalue weighted by atomic mass is 19.4. The van der Waals surface area contributed by atoms with Gasteiger partial charge in [-0.3, -0.25) is 4.57 Å². The molecule has 0 aliphatic rings. The molecule has 0 aliphatic heterocycles. The third-order valence-electron chi connectivity index (χ3n) is 4.74. The zero-order valence-electron chi connectivity index (χ0n) is 16.2. The minimum atomic E-state index is -4.77. The van der Waals surface area contributed by atoms with Gasteiger partial charge in [-0.05, 0) is 41.5 Å². The summed E-state index contributed by atoms with van der Waals surface area (Å²) in [4.78, 5) is 13.0. The number of anilines is 1. The molecule has 1 N–H and O–H groups in total. The number of halogens is 3. The van der Waals surface area contributed by atoms with Gasteiger partial charge in [0, 0.05) is 22.8 Å². The molecule has 0 radical (unpaired) electrons. The molecule has 4 rings (SSSR count). The highest BCUT2D eigenvalue weighted by molar-refractivity contribution is 6.05. The standard InChI is InChI=1S/C24H17F3N2O2/c1-2-16-7-3-4-8-19(16)21-15-29(22-10-6-5-9-20(21)22)23(30)28-17-11-13-18(14-12-17)31-24(25,26)27/h2-15H,1H2,(H,28,30). The van der Waals surface area contributed by atoms with Gasteiger partial charge in [-0.15, -0.1) is 13.2 Å². The van der Waals surface area contributed by atoms with Crippen LogP contribution >= 0.6 is 0 Å². The molecule has 0 saturated carbocycles. The van der Waals surface area contributed by atoms with Crippen LogP contribution < -0.4 is 10.1 Å². The molecule has 0 unspecified atom stereocenters. The molecule has 31 heavy (non-hydrogen) atoms. The second-order valence-electron chi connectivity index (χ2n) is 6.72. The Balaban J connectivity index is 1.67. The summed E-state index contributed by atoms with van der Waals surface area (Å²) in [5.41, 5.74) is 3.78. The Morgan fingerprint density at radius 3 is 2.32 bits per heavy atom. The SMILES string of the molecule is C=Cc1ccccc1-c1cn(C(=O)Nc2ccc(OC(F)(F)F)cc2)c2ccccc12. The quantitative estimate of drug-likeness (QED) is 0.388. The summed E-state index contributed by atoms with van der Waals surface area (Å²) < 4.78 is 42.3. The summed E-state index contributed by atoms with van der Waals surface area (Å²) in [5.74, 6) is -0.361. The van der Waals surface area contributed by atoms with Gasteiger partial charge in [0.1, 0.15) is 5.75 Å². The fraction of sp³-hybridized carbons (Fsp3) is 0.0417. The predicted molar refractivity (Wildman–Crippen MR) is 115 cm³/mol. The highest BCUT2D eigenvalue weighted by Crippen LogP contribution is 2.33. The van der Waals surface area contributed by atoms with Gasteiger partial charge in [0.2, 0.25) is 0 Å². The van der Waals surface area contributed by atoms with Gasteiger partial charge in [0.15, 0.2) is 0 Å². The maximum Gasteiger partial charge on any atom is 0.573 e. The molecule has 3 aromatic carbocycles. The Bertz CT molecular complexity index is 1260. The maximum atomic E-state index is 13.0. The van der Waals surface area contributed by atoms with Crippen molar-refractivity contribution in [2.75, 3.05) is 5.32 Å². The van der Waals surface area contributed by atoms with Crippen molar-refractivity contribution in [3.63, 3.8) is 0 Å². The van der Waals surface area contributed by atoms with Crippen LogP contribution in [0, 0.1) is 0 Å². The lowest BCUT2D eigenvalue weighted by Crippen LogP contribution is -2.19. The molecule has 0 fully saturated rings. The van der Waals surface area contributed by atoms with Crippen molar-refractivity contribution in [3.05, 3.63) is 91.1 Å². The van der Waals surface area contributed by atoms with Crippen molar-refractivity contribution in [1.29, 1.82) is 0 Å². The number of para-hydroxylation sites is 1. The number of amides is 1. The first kappa shape index (κ1) is 20.3. The predicted octanol–water partition coefficient (Wildman–Crippen LogP) is 6.93. The topological polar surface area (TPSA) is 43.3 Å². The van der Waals surface area contributed by atoms with Crippen molar-refractivity contribution in [3.8, 4) is 16.9 Å². The Hall–Kier alpha value is -4.00. The Morgan fingerprint density at radius 1 is 0.935 bits per heavy atom. The van der Waals surface area contributed by atoms with E-state index in [0.29, 0.717) is 11.2 Å². The van der Waals surface area contributed by atoms with Crippen LogP contribution in [0.5, 0.6) is 5.75 Å². The van der Waals surface area contributed by atoms with Crippen molar-refractivity contribution >= 4 is 28.7 Å². The van der Waals surface area contributed by atoms with Crippen molar-refractivity contribution in [2.24, 2.45) is 0 Å². The van der Waals surface area contributed by atoms with Crippen LogP contribution in [0.3, 0.4) is 0 Å². The minimum absolute atomic E-state index is 0.338. The smallest absolute Gasteiger partial charge is 0.406 e. The number of aromatic nitrogens is 1. The number of carbonyl (C=O) groups is 1. The van der Waals surface area contributed by atoms with Gasteiger partial charge in [-0.2, -0.15) is 0 Å². The van der Waals surface area contributed by atoms with E-state index >= 15 is 0 Å². The summed E-state index contributed by atoms with van der Waals surface area (Å²) in [6, 6.07) is 19.7. The minimum Gasteiger partial charge on any atom is -0.406 e. The summed E-state index contributed by atoms with van der Waals surface area (Å²) in [5, 5.41) is 3.59. The van der Waals surface area contributed by atoms with Gasteiger partial charge in [-0.25, -0.2) is 4.79 Å². The number of fused-ring (bicyclic) bond motifs is 1. The van der Waals surface area contributed by atoms with E-state index in [4.69, 9.17) is 0 Å². The largest absolute Gasteiger partial charge is 0.573 e.